The molecule has 0 radical (unpaired) electrons. The number of piperazine rings is 1. The molecular formula is C21H31N3O2. The van der Waals surface area contributed by atoms with Crippen LogP contribution >= 0.6 is 0 Å². The van der Waals surface area contributed by atoms with Crippen molar-refractivity contribution >= 4 is 10.9 Å². The number of aliphatic hydroxyl groups excluding tert-OH is 1. The van der Waals surface area contributed by atoms with Gasteiger partial charge in [-0.05, 0) is 37.4 Å². The van der Waals surface area contributed by atoms with E-state index >= 15 is 0 Å². The van der Waals surface area contributed by atoms with Crippen LogP contribution in [0.4, 0.5) is 0 Å². The van der Waals surface area contributed by atoms with Crippen molar-refractivity contribution in [1.82, 2.24) is 14.8 Å². The first-order valence-corrected chi connectivity index (χ1v) is 9.75. The molecule has 1 aromatic carbocycles. The zero-order valence-corrected chi connectivity index (χ0v) is 15.9. The zero-order chi connectivity index (χ0) is 18.5. The second kappa shape index (κ2) is 8.80. The van der Waals surface area contributed by atoms with Gasteiger partial charge in [-0.25, -0.2) is 0 Å². The zero-order valence-electron chi connectivity index (χ0n) is 15.9. The molecule has 5 nitrogen and oxygen atoms in total. The van der Waals surface area contributed by atoms with Gasteiger partial charge in [0, 0.05) is 61.5 Å². The first-order chi connectivity index (χ1) is 12.6. The van der Waals surface area contributed by atoms with Crippen molar-refractivity contribution in [3.05, 3.63) is 46.2 Å². The van der Waals surface area contributed by atoms with E-state index in [-0.39, 0.29) is 12.0 Å². The second-order valence-electron chi connectivity index (χ2n) is 7.82. The minimum Gasteiger partial charge on any atom is -0.396 e. The van der Waals surface area contributed by atoms with Crippen LogP contribution in [0.5, 0.6) is 0 Å². The number of aromatic nitrogens is 1. The van der Waals surface area contributed by atoms with Crippen LogP contribution in [-0.4, -0.2) is 58.7 Å². The highest BCUT2D eigenvalue weighted by molar-refractivity contribution is 5.78. The van der Waals surface area contributed by atoms with E-state index < -0.39 is 0 Å². The number of aromatic amines is 1. The lowest BCUT2D eigenvalue weighted by Crippen LogP contribution is -2.53. The van der Waals surface area contributed by atoms with Crippen LogP contribution in [-0.2, 0) is 6.54 Å². The highest BCUT2D eigenvalue weighted by Gasteiger charge is 2.26. The summed E-state index contributed by atoms with van der Waals surface area (Å²) in [5.74, 6) is 0.700. The van der Waals surface area contributed by atoms with Crippen molar-refractivity contribution in [3.63, 3.8) is 0 Å². The van der Waals surface area contributed by atoms with E-state index in [1.165, 1.54) is 6.42 Å². The van der Waals surface area contributed by atoms with Gasteiger partial charge in [-0.1, -0.05) is 26.0 Å². The maximum Gasteiger partial charge on any atom is 0.189 e. The third kappa shape index (κ3) is 4.72. The molecule has 2 aromatic rings. The minimum absolute atomic E-state index is 0.0804. The summed E-state index contributed by atoms with van der Waals surface area (Å²) < 4.78 is 0. The van der Waals surface area contributed by atoms with Gasteiger partial charge >= 0.3 is 0 Å². The largest absolute Gasteiger partial charge is 0.396 e. The van der Waals surface area contributed by atoms with E-state index in [0.29, 0.717) is 12.0 Å². The first-order valence-electron chi connectivity index (χ1n) is 9.75. The molecule has 0 saturated carbocycles. The fourth-order valence-corrected chi connectivity index (χ4v) is 3.82. The van der Waals surface area contributed by atoms with E-state index in [2.05, 4.69) is 28.6 Å². The lowest BCUT2D eigenvalue weighted by molar-refractivity contribution is 0.0518. The van der Waals surface area contributed by atoms with Crippen LogP contribution in [0.1, 0.15) is 32.4 Å². The highest BCUT2D eigenvalue weighted by atomic mass is 16.3. The number of benzene rings is 1. The Balaban J connectivity index is 1.68. The number of rotatable bonds is 7. The molecule has 1 unspecified atom stereocenters. The van der Waals surface area contributed by atoms with Gasteiger partial charge in [0.2, 0.25) is 0 Å². The molecule has 1 saturated heterocycles. The molecule has 0 aliphatic carbocycles. The van der Waals surface area contributed by atoms with Gasteiger partial charge in [0.15, 0.2) is 5.43 Å². The van der Waals surface area contributed by atoms with E-state index in [1.807, 2.05) is 24.3 Å². The van der Waals surface area contributed by atoms with Gasteiger partial charge in [-0.2, -0.15) is 0 Å². The summed E-state index contributed by atoms with van der Waals surface area (Å²) in [6.07, 6.45) is 2.00. The summed E-state index contributed by atoms with van der Waals surface area (Å²) in [6, 6.07) is 9.79. The molecule has 0 spiro atoms. The van der Waals surface area contributed by atoms with Crippen LogP contribution in [0.3, 0.4) is 0 Å². The van der Waals surface area contributed by atoms with Crippen molar-refractivity contribution in [2.24, 2.45) is 5.92 Å². The molecular weight excluding hydrogens is 326 g/mol. The monoisotopic (exact) mass is 357 g/mol. The summed E-state index contributed by atoms with van der Waals surface area (Å²) in [6.45, 7) is 9.55. The maximum absolute atomic E-state index is 12.3. The van der Waals surface area contributed by atoms with Gasteiger partial charge in [0.1, 0.15) is 0 Å². The molecule has 1 aliphatic rings. The van der Waals surface area contributed by atoms with Crippen LogP contribution in [0.15, 0.2) is 35.1 Å². The number of para-hydroxylation sites is 1. The van der Waals surface area contributed by atoms with E-state index in [1.54, 1.807) is 6.07 Å². The number of nitrogens with one attached hydrogen (secondary N) is 1. The molecule has 1 atom stereocenters. The fourth-order valence-electron chi connectivity index (χ4n) is 3.82. The summed E-state index contributed by atoms with van der Waals surface area (Å²) in [5, 5.41) is 10.2. The lowest BCUT2D eigenvalue weighted by atomic mass is 10.1. The number of fused-ring (bicyclic) bond motifs is 1. The number of H-pyrrole nitrogens is 1. The Morgan fingerprint density at radius 3 is 2.85 bits per heavy atom. The smallest absolute Gasteiger partial charge is 0.189 e. The molecule has 1 aromatic heterocycles. The molecule has 5 heteroatoms. The predicted molar refractivity (Wildman–Crippen MR) is 106 cm³/mol. The summed E-state index contributed by atoms with van der Waals surface area (Å²) in [4.78, 5) is 20.7. The predicted octanol–water partition coefficient (Wildman–Crippen LogP) is 2.44. The van der Waals surface area contributed by atoms with E-state index in [4.69, 9.17) is 0 Å². The van der Waals surface area contributed by atoms with Gasteiger partial charge in [0.05, 0.1) is 0 Å². The molecule has 1 fully saturated rings. The van der Waals surface area contributed by atoms with Crippen molar-refractivity contribution in [2.75, 3.05) is 32.8 Å². The Bertz CT molecular complexity index is 771. The fraction of sp³-hybridized carbons (Fsp3) is 0.571. The van der Waals surface area contributed by atoms with Crippen LogP contribution in [0.25, 0.3) is 10.9 Å². The molecule has 2 heterocycles. The van der Waals surface area contributed by atoms with E-state index in [9.17, 15) is 9.90 Å². The molecule has 2 N–H and O–H groups in total. The van der Waals surface area contributed by atoms with Crippen LogP contribution in [0, 0.1) is 5.92 Å². The Kier molecular flexibility index (Phi) is 6.46. The van der Waals surface area contributed by atoms with Gasteiger partial charge < -0.3 is 10.1 Å². The quantitative estimate of drug-likeness (QED) is 0.799. The van der Waals surface area contributed by atoms with E-state index in [0.717, 1.165) is 55.7 Å². The number of pyridine rings is 1. The number of hydrogen-bond acceptors (Lipinski definition) is 4. The molecule has 142 valence electrons. The molecule has 1 aliphatic heterocycles. The third-order valence-corrected chi connectivity index (χ3v) is 5.33. The van der Waals surface area contributed by atoms with Crippen molar-refractivity contribution < 1.29 is 5.11 Å². The number of nitrogens with zero attached hydrogens (tertiary/aromatic N) is 2. The van der Waals surface area contributed by atoms with Gasteiger partial charge in [-0.3, -0.25) is 14.6 Å². The standard InChI is InChI=1S/C21H31N3O2/c1-16(2)7-9-24-11-10-23(15-18(24)8-12-25)14-17-13-21(26)19-5-3-4-6-20(19)22-17/h3-6,13,16,18,25H,7-12,14-15H2,1-2H3,(H,22,26). The number of aliphatic hydroxyl groups is 1. The van der Waals surface area contributed by atoms with Gasteiger partial charge in [0.25, 0.3) is 0 Å². The van der Waals surface area contributed by atoms with Crippen molar-refractivity contribution in [2.45, 2.75) is 39.3 Å². The third-order valence-electron chi connectivity index (χ3n) is 5.33. The van der Waals surface area contributed by atoms with Crippen LogP contribution < -0.4 is 5.43 Å². The topological polar surface area (TPSA) is 59.6 Å². The van der Waals surface area contributed by atoms with Crippen LogP contribution in [0.2, 0.25) is 0 Å². The van der Waals surface area contributed by atoms with Crippen molar-refractivity contribution in [3.8, 4) is 0 Å². The summed E-state index contributed by atoms with van der Waals surface area (Å²) in [7, 11) is 0. The Morgan fingerprint density at radius 2 is 2.08 bits per heavy atom. The normalized spacial score (nSPS) is 19.5. The molecule has 3 rings (SSSR count). The highest BCUT2D eigenvalue weighted by Crippen LogP contribution is 2.17. The Labute approximate surface area is 155 Å². The molecule has 26 heavy (non-hydrogen) atoms. The second-order valence-corrected chi connectivity index (χ2v) is 7.82. The molecule has 0 bridgehead atoms. The Hall–Kier alpha value is -1.69. The average Bonchev–Trinajstić information content (AvgIpc) is 2.61. The first kappa shape index (κ1) is 19.1. The number of hydrogen-bond donors (Lipinski definition) is 2. The summed E-state index contributed by atoms with van der Waals surface area (Å²) >= 11 is 0. The maximum atomic E-state index is 12.3. The average molecular weight is 357 g/mol. The Morgan fingerprint density at radius 1 is 1.27 bits per heavy atom. The summed E-state index contributed by atoms with van der Waals surface area (Å²) in [5.41, 5.74) is 1.95. The minimum atomic E-state index is 0.0804. The SMILES string of the molecule is CC(C)CCN1CCN(Cc2cc(=O)c3ccccc3[nH]2)CC1CCO. The van der Waals surface area contributed by atoms with Gasteiger partial charge in [-0.15, -0.1) is 0 Å². The lowest BCUT2D eigenvalue weighted by Gasteiger charge is -2.41. The van der Waals surface area contributed by atoms with Crippen molar-refractivity contribution in [1.29, 1.82) is 0 Å². The molecule has 0 amide bonds.